The molecule has 3 heterocycles. The number of rotatable bonds is 6. The SMILES string of the molecule is CCC(NC(N)=O)C(=O)N1Cc2ccccc2CC1CNC(=O)c1ccnc2[nH]ncc12. The Kier molecular flexibility index (Phi) is 6.02. The van der Waals surface area contributed by atoms with Crippen LogP contribution in [0.1, 0.15) is 34.8 Å². The Labute approximate surface area is 184 Å². The lowest BCUT2D eigenvalue weighted by Crippen LogP contribution is -2.56. The highest BCUT2D eigenvalue weighted by atomic mass is 16.2. The average molecular weight is 435 g/mol. The summed E-state index contributed by atoms with van der Waals surface area (Å²) in [5, 5.41) is 12.8. The molecule has 0 spiro atoms. The van der Waals surface area contributed by atoms with E-state index in [2.05, 4.69) is 25.8 Å². The monoisotopic (exact) mass is 435 g/mol. The zero-order valence-electron chi connectivity index (χ0n) is 17.7. The third kappa shape index (κ3) is 4.25. The van der Waals surface area contributed by atoms with E-state index in [1.165, 1.54) is 0 Å². The van der Waals surface area contributed by atoms with E-state index in [-0.39, 0.29) is 24.4 Å². The number of fused-ring (bicyclic) bond motifs is 2. The smallest absolute Gasteiger partial charge is 0.312 e. The van der Waals surface area contributed by atoms with Crippen LogP contribution in [0.15, 0.2) is 42.7 Å². The van der Waals surface area contributed by atoms with Crippen molar-refractivity contribution in [2.75, 3.05) is 6.54 Å². The Morgan fingerprint density at radius 2 is 2.03 bits per heavy atom. The van der Waals surface area contributed by atoms with Gasteiger partial charge in [-0.15, -0.1) is 0 Å². The minimum atomic E-state index is -0.741. The van der Waals surface area contributed by atoms with Crippen molar-refractivity contribution in [2.24, 2.45) is 5.73 Å². The van der Waals surface area contributed by atoms with Gasteiger partial charge in [-0.1, -0.05) is 31.2 Å². The minimum absolute atomic E-state index is 0.221. The summed E-state index contributed by atoms with van der Waals surface area (Å²) in [7, 11) is 0. The van der Waals surface area contributed by atoms with E-state index >= 15 is 0 Å². The van der Waals surface area contributed by atoms with Gasteiger partial charge in [-0.05, 0) is 30.0 Å². The van der Waals surface area contributed by atoms with E-state index in [0.29, 0.717) is 36.0 Å². The van der Waals surface area contributed by atoms with Crippen LogP contribution in [0.25, 0.3) is 11.0 Å². The zero-order chi connectivity index (χ0) is 22.7. The number of pyridine rings is 1. The summed E-state index contributed by atoms with van der Waals surface area (Å²) in [6.07, 6.45) is 4.11. The van der Waals surface area contributed by atoms with Crippen LogP contribution < -0.4 is 16.4 Å². The highest BCUT2D eigenvalue weighted by molar-refractivity contribution is 6.05. The van der Waals surface area contributed by atoms with Crippen molar-refractivity contribution < 1.29 is 14.4 Å². The fraction of sp³-hybridized carbons (Fsp3) is 0.318. The summed E-state index contributed by atoms with van der Waals surface area (Å²) in [5.74, 6) is -0.492. The first-order chi connectivity index (χ1) is 15.5. The first-order valence-corrected chi connectivity index (χ1v) is 10.5. The number of H-pyrrole nitrogens is 1. The largest absolute Gasteiger partial charge is 0.352 e. The van der Waals surface area contributed by atoms with E-state index in [1.54, 1.807) is 23.4 Å². The molecule has 2 atom stereocenters. The summed E-state index contributed by atoms with van der Waals surface area (Å²) in [6.45, 7) is 2.47. The van der Waals surface area contributed by atoms with Gasteiger partial charge in [-0.2, -0.15) is 5.10 Å². The number of aromatic nitrogens is 3. The first-order valence-electron chi connectivity index (χ1n) is 10.5. The van der Waals surface area contributed by atoms with E-state index < -0.39 is 12.1 Å². The van der Waals surface area contributed by atoms with Crippen molar-refractivity contribution >= 4 is 28.9 Å². The number of nitrogens with two attached hydrogens (primary N) is 1. The van der Waals surface area contributed by atoms with Gasteiger partial charge in [0.15, 0.2) is 5.65 Å². The molecule has 0 aliphatic carbocycles. The predicted molar refractivity (Wildman–Crippen MR) is 118 cm³/mol. The second-order valence-corrected chi connectivity index (χ2v) is 7.76. The predicted octanol–water partition coefficient (Wildman–Crippen LogP) is 1.09. The topological polar surface area (TPSA) is 146 Å². The molecule has 5 N–H and O–H groups in total. The number of nitrogens with one attached hydrogen (secondary N) is 3. The third-order valence-electron chi connectivity index (χ3n) is 5.76. The van der Waals surface area contributed by atoms with Gasteiger partial charge in [0.1, 0.15) is 6.04 Å². The van der Waals surface area contributed by atoms with Crippen LogP contribution in [0.2, 0.25) is 0 Å². The Balaban J connectivity index is 1.55. The van der Waals surface area contributed by atoms with Crippen LogP contribution in [0.3, 0.4) is 0 Å². The molecular formula is C22H25N7O3. The van der Waals surface area contributed by atoms with Gasteiger partial charge < -0.3 is 21.3 Å². The lowest BCUT2D eigenvalue weighted by atomic mass is 9.93. The molecule has 32 heavy (non-hydrogen) atoms. The Morgan fingerprint density at radius 1 is 1.25 bits per heavy atom. The van der Waals surface area contributed by atoms with Crippen molar-refractivity contribution in [1.29, 1.82) is 0 Å². The molecule has 1 aliphatic heterocycles. The van der Waals surface area contributed by atoms with Crippen LogP contribution in [0.5, 0.6) is 0 Å². The Morgan fingerprint density at radius 3 is 2.78 bits per heavy atom. The van der Waals surface area contributed by atoms with Crippen LogP contribution in [-0.2, 0) is 17.8 Å². The molecule has 0 fully saturated rings. The fourth-order valence-corrected chi connectivity index (χ4v) is 4.09. The van der Waals surface area contributed by atoms with Gasteiger partial charge in [-0.3, -0.25) is 14.7 Å². The lowest BCUT2D eigenvalue weighted by Gasteiger charge is -2.39. The fourth-order valence-electron chi connectivity index (χ4n) is 4.09. The number of hydrogen-bond acceptors (Lipinski definition) is 5. The maximum Gasteiger partial charge on any atom is 0.312 e. The zero-order valence-corrected chi connectivity index (χ0v) is 17.7. The van der Waals surface area contributed by atoms with Crippen molar-refractivity contribution in [3.05, 3.63) is 59.4 Å². The van der Waals surface area contributed by atoms with Crippen molar-refractivity contribution in [1.82, 2.24) is 30.7 Å². The summed E-state index contributed by atoms with van der Waals surface area (Å²) < 4.78 is 0. The van der Waals surface area contributed by atoms with Crippen LogP contribution in [0.4, 0.5) is 4.79 Å². The van der Waals surface area contributed by atoms with E-state index in [0.717, 1.165) is 11.1 Å². The quantitative estimate of drug-likeness (QED) is 0.458. The maximum atomic E-state index is 13.3. The number of urea groups is 1. The van der Waals surface area contributed by atoms with Crippen molar-refractivity contribution in [3.63, 3.8) is 0 Å². The van der Waals surface area contributed by atoms with Gasteiger partial charge in [-0.25, -0.2) is 9.78 Å². The molecule has 1 aromatic carbocycles. The van der Waals surface area contributed by atoms with Crippen LogP contribution >= 0.6 is 0 Å². The second kappa shape index (κ2) is 9.04. The molecular weight excluding hydrogens is 410 g/mol. The summed E-state index contributed by atoms with van der Waals surface area (Å²) >= 11 is 0. The summed E-state index contributed by atoms with van der Waals surface area (Å²) in [4.78, 5) is 43.4. The molecule has 4 rings (SSSR count). The molecule has 2 aromatic heterocycles. The van der Waals surface area contributed by atoms with E-state index in [9.17, 15) is 14.4 Å². The number of benzene rings is 1. The van der Waals surface area contributed by atoms with E-state index in [4.69, 9.17) is 5.73 Å². The molecule has 3 aromatic rings. The van der Waals surface area contributed by atoms with Gasteiger partial charge in [0, 0.05) is 19.3 Å². The molecule has 1 aliphatic rings. The lowest BCUT2D eigenvalue weighted by molar-refractivity contribution is -0.136. The first kappa shape index (κ1) is 21.3. The Bertz CT molecular complexity index is 1160. The number of aromatic amines is 1. The molecule has 166 valence electrons. The molecule has 0 saturated carbocycles. The number of nitrogens with zero attached hydrogens (tertiary/aromatic N) is 3. The van der Waals surface area contributed by atoms with Crippen LogP contribution in [0, 0.1) is 0 Å². The van der Waals surface area contributed by atoms with Gasteiger partial charge in [0.05, 0.1) is 23.2 Å². The highest BCUT2D eigenvalue weighted by Crippen LogP contribution is 2.24. The summed E-state index contributed by atoms with van der Waals surface area (Å²) in [5.41, 5.74) is 8.43. The maximum absolute atomic E-state index is 13.3. The standard InChI is InChI=1S/C22H25N7O3/c1-2-18(27-22(23)32)21(31)29-12-14-6-4-3-5-13(14)9-15(29)10-25-20(30)16-7-8-24-19-17(16)11-26-28-19/h3-8,11,15,18H,2,9-10,12H2,1H3,(H,25,30)(H3,23,27,32)(H,24,26,28). The number of carbonyl (C=O) groups excluding carboxylic acids is 3. The average Bonchev–Trinajstić information content (AvgIpc) is 3.28. The molecule has 0 radical (unpaired) electrons. The minimum Gasteiger partial charge on any atom is -0.352 e. The van der Waals surface area contributed by atoms with Crippen molar-refractivity contribution in [3.8, 4) is 0 Å². The number of primary amides is 1. The summed E-state index contributed by atoms with van der Waals surface area (Å²) in [6, 6.07) is 7.81. The highest BCUT2D eigenvalue weighted by Gasteiger charge is 2.33. The molecule has 2 unspecified atom stereocenters. The van der Waals surface area contributed by atoms with Gasteiger partial charge in [0.25, 0.3) is 5.91 Å². The van der Waals surface area contributed by atoms with Gasteiger partial charge in [0.2, 0.25) is 5.91 Å². The molecule has 10 nitrogen and oxygen atoms in total. The third-order valence-corrected chi connectivity index (χ3v) is 5.76. The normalized spacial score (nSPS) is 16.3. The second-order valence-electron chi connectivity index (χ2n) is 7.76. The van der Waals surface area contributed by atoms with Gasteiger partial charge >= 0.3 is 6.03 Å². The number of hydrogen-bond donors (Lipinski definition) is 4. The van der Waals surface area contributed by atoms with E-state index in [1.807, 2.05) is 31.2 Å². The molecule has 0 saturated heterocycles. The Hall–Kier alpha value is -3.95. The number of amides is 4. The number of carbonyl (C=O) groups is 3. The van der Waals surface area contributed by atoms with Crippen LogP contribution in [-0.4, -0.2) is 56.6 Å². The molecule has 0 bridgehead atoms. The molecule has 4 amide bonds. The van der Waals surface area contributed by atoms with Crippen molar-refractivity contribution in [2.45, 2.75) is 38.4 Å². The molecule has 10 heteroatoms.